The van der Waals surface area contributed by atoms with Crippen LogP contribution in [-0.4, -0.2) is 23.2 Å². The zero-order valence-corrected chi connectivity index (χ0v) is 25.4. The second-order valence-electron chi connectivity index (χ2n) is 12.4. The largest absolute Gasteiger partial charge is 0.493 e. The fourth-order valence-electron chi connectivity index (χ4n) is 6.98. The number of carboxylic acids is 1. The van der Waals surface area contributed by atoms with Crippen LogP contribution in [0, 0.1) is 5.92 Å². The van der Waals surface area contributed by atoms with Crippen molar-refractivity contribution in [3.05, 3.63) is 119 Å². The summed E-state index contributed by atoms with van der Waals surface area (Å²) in [5, 5.41) is 14.5. The first-order valence-electron chi connectivity index (χ1n) is 15.1. The van der Waals surface area contributed by atoms with Crippen LogP contribution in [0.3, 0.4) is 0 Å². The average Bonchev–Trinajstić information content (AvgIpc) is 3.31. The monoisotopic (exact) mass is 595 g/mol. The number of carbonyl (C=O) groups is 1. The normalized spacial score (nSPS) is 22.7. The van der Waals surface area contributed by atoms with Crippen molar-refractivity contribution in [2.75, 3.05) is 11.9 Å². The molecule has 4 aromatic rings. The van der Waals surface area contributed by atoms with Gasteiger partial charge in [0.2, 0.25) is 0 Å². The predicted molar refractivity (Wildman–Crippen MR) is 172 cm³/mol. The molecular formula is C37H38ClNO4. The third-order valence-corrected chi connectivity index (χ3v) is 9.38. The number of hydrogen-bond donors (Lipinski definition) is 2. The highest BCUT2D eigenvalue weighted by molar-refractivity contribution is 6.30. The summed E-state index contributed by atoms with van der Waals surface area (Å²) in [6.45, 7) is 4.95. The van der Waals surface area contributed by atoms with Crippen LogP contribution in [0.15, 0.2) is 97.1 Å². The molecule has 2 aliphatic carbocycles. The van der Waals surface area contributed by atoms with Crippen LogP contribution < -0.4 is 14.8 Å². The van der Waals surface area contributed by atoms with E-state index in [0.717, 1.165) is 42.2 Å². The summed E-state index contributed by atoms with van der Waals surface area (Å²) in [6, 6.07) is 32.1. The van der Waals surface area contributed by atoms with Crippen LogP contribution >= 0.6 is 11.6 Å². The first-order valence-corrected chi connectivity index (χ1v) is 15.5. The lowest BCUT2D eigenvalue weighted by atomic mass is 9.59. The van der Waals surface area contributed by atoms with E-state index in [1.165, 1.54) is 16.7 Å². The molecule has 43 heavy (non-hydrogen) atoms. The minimum absolute atomic E-state index is 0.181. The van der Waals surface area contributed by atoms with Crippen LogP contribution in [0.4, 0.5) is 5.69 Å². The van der Waals surface area contributed by atoms with Gasteiger partial charge >= 0.3 is 5.97 Å². The SMILES string of the molecule is CC(C)COc1ccc2c(c1)C1(CCC(Nc3cccc(Cl)c3)(C(=O)O)CC1)C(c1cccc(Oc3ccccc3)c1)C2. The molecule has 2 aliphatic rings. The molecule has 1 atom stereocenters. The number of hydrogen-bond acceptors (Lipinski definition) is 4. The van der Waals surface area contributed by atoms with E-state index in [1.807, 2.05) is 48.5 Å². The van der Waals surface area contributed by atoms with Crippen LogP contribution in [0.2, 0.25) is 5.02 Å². The number of anilines is 1. The Morgan fingerprint density at radius 1 is 0.884 bits per heavy atom. The zero-order valence-electron chi connectivity index (χ0n) is 24.7. The second-order valence-corrected chi connectivity index (χ2v) is 12.9. The molecule has 0 radical (unpaired) electrons. The maximum atomic E-state index is 12.9. The van der Waals surface area contributed by atoms with Gasteiger partial charge in [0.25, 0.3) is 0 Å². The number of ether oxygens (including phenoxy) is 2. The Bertz CT molecular complexity index is 1590. The van der Waals surface area contributed by atoms with Gasteiger partial charge < -0.3 is 19.9 Å². The molecule has 6 heteroatoms. The lowest BCUT2D eigenvalue weighted by Gasteiger charge is -2.47. The zero-order chi connectivity index (χ0) is 30.0. The number of carboxylic acid groups (broad SMARTS) is 1. The minimum Gasteiger partial charge on any atom is -0.493 e. The van der Waals surface area contributed by atoms with E-state index in [4.69, 9.17) is 21.1 Å². The summed E-state index contributed by atoms with van der Waals surface area (Å²) in [7, 11) is 0. The fraction of sp³-hybridized carbons (Fsp3) is 0.324. The van der Waals surface area contributed by atoms with Gasteiger partial charge in [0, 0.05) is 16.1 Å². The van der Waals surface area contributed by atoms with Crippen molar-refractivity contribution in [3.63, 3.8) is 0 Å². The van der Waals surface area contributed by atoms with Crippen LogP contribution in [0.5, 0.6) is 17.2 Å². The van der Waals surface area contributed by atoms with Crippen molar-refractivity contribution in [2.24, 2.45) is 5.92 Å². The molecule has 0 heterocycles. The van der Waals surface area contributed by atoms with Gasteiger partial charge in [-0.1, -0.05) is 67.9 Å². The lowest BCUT2D eigenvalue weighted by molar-refractivity contribution is -0.144. The first kappa shape index (κ1) is 29.1. The third-order valence-electron chi connectivity index (χ3n) is 9.14. The lowest BCUT2D eigenvalue weighted by Crippen LogP contribution is -2.52. The average molecular weight is 596 g/mol. The molecule has 0 aliphatic heterocycles. The number of rotatable bonds is 9. The van der Waals surface area contributed by atoms with Crippen molar-refractivity contribution in [1.29, 1.82) is 0 Å². The van der Waals surface area contributed by atoms with Gasteiger partial charge in [-0.15, -0.1) is 0 Å². The molecular weight excluding hydrogens is 558 g/mol. The highest BCUT2D eigenvalue weighted by atomic mass is 35.5. The number of benzene rings is 4. The van der Waals surface area contributed by atoms with Gasteiger partial charge in [0.15, 0.2) is 0 Å². The molecule has 6 rings (SSSR count). The fourth-order valence-corrected chi connectivity index (χ4v) is 7.17. The van der Waals surface area contributed by atoms with E-state index in [1.54, 1.807) is 12.1 Å². The molecule has 0 amide bonds. The van der Waals surface area contributed by atoms with Crippen LogP contribution in [0.1, 0.15) is 62.1 Å². The summed E-state index contributed by atoms with van der Waals surface area (Å²) in [5.41, 5.74) is 3.22. The standard InChI is InChI=1S/C37H38ClNO4/c1-25(2)24-42-31-15-14-27-21-33(26-8-6-13-32(20-26)43-30-11-4-3-5-12-30)36(34(27)23-31)16-18-37(19-17-36,35(40)41)39-29-10-7-9-28(38)22-29/h3-15,20,22-23,25,33,39H,16-19,21,24H2,1-2H3,(H,40,41). The highest BCUT2D eigenvalue weighted by Crippen LogP contribution is 2.58. The Morgan fingerprint density at radius 2 is 1.63 bits per heavy atom. The maximum absolute atomic E-state index is 12.9. The van der Waals surface area contributed by atoms with Gasteiger partial charge in [-0.3, -0.25) is 0 Å². The van der Waals surface area contributed by atoms with Crippen molar-refractivity contribution < 1.29 is 19.4 Å². The Balaban J connectivity index is 1.36. The summed E-state index contributed by atoms with van der Waals surface area (Å²) >= 11 is 6.24. The molecule has 1 spiro atoms. The smallest absolute Gasteiger partial charge is 0.329 e. The Kier molecular flexibility index (Phi) is 8.11. The second kappa shape index (κ2) is 12.0. The van der Waals surface area contributed by atoms with Crippen molar-refractivity contribution in [1.82, 2.24) is 0 Å². The molecule has 222 valence electrons. The van der Waals surface area contributed by atoms with E-state index in [-0.39, 0.29) is 11.3 Å². The quantitative estimate of drug-likeness (QED) is 0.202. The molecule has 2 N–H and O–H groups in total. The molecule has 5 nitrogen and oxygen atoms in total. The minimum atomic E-state index is -1.08. The van der Waals surface area contributed by atoms with Crippen molar-refractivity contribution in [3.8, 4) is 17.2 Å². The molecule has 0 bridgehead atoms. The molecule has 0 saturated heterocycles. The van der Waals surface area contributed by atoms with Crippen molar-refractivity contribution in [2.45, 2.75) is 62.8 Å². The molecule has 0 aromatic heterocycles. The van der Waals surface area contributed by atoms with Crippen LogP contribution in [-0.2, 0) is 16.6 Å². The van der Waals surface area contributed by atoms with Crippen molar-refractivity contribution >= 4 is 23.3 Å². The molecule has 4 aromatic carbocycles. The topological polar surface area (TPSA) is 67.8 Å². The van der Waals surface area contributed by atoms with Gasteiger partial charge in [-0.25, -0.2) is 4.79 Å². The Hall–Kier alpha value is -3.96. The van der Waals surface area contributed by atoms with E-state index in [9.17, 15) is 9.90 Å². The van der Waals surface area contributed by atoms with Gasteiger partial charge in [0.05, 0.1) is 6.61 Å². The number of fused-ring (bicyclic) bond motifs is 2. The number of para-hydroxylation sites is 1. The summed E-state index contributed by atoms with van der Waals surface area (Å²) < 4.78 is 12.4. The summed E-state index contributed by atoms with van der Waals surface area (Å²) in [4.78, 5) is 12.9. The maximum Gasteiger partial charge on any atom is 0.329 e. The van der Waals surface area contributed by atoms with Gasteiger partial charge in [0.1, 0.15) is 22.8 Å². The molecule has 1 fully saturated rings. The van der Waals surface area contributed by atoms with Crippen LogP contribution in [0.25, 0.3) is 0 Å². The van der Waals surface area contributed by atoms with Gasteiger partial charge in [-0.05, 0) is 115 Å². The predicted octanol–water partition coefficient (Wildman–Crippen LogP) is 9.25. The summed E-state index contributed by atoms with van der Waals surface area (Å²) in [5.74, 6) is 2.25. The van der Waals surface area contributed by atoms with E-state index < -0.39 is 11.5 Å². The van der Waals surface area contributed by atoms with Gasteiger partial charge in [-0.2, -0.15) is 0 Å². The number of halogens is 1. The van der Waals surface area contributed by atoms with E-state index in [2.05, 4.69) is 55.6 Å². The number of nitrogens with one attached hydrogen (secondary N) is 1. The third kappa shape index (κ3) is 5.96. The number of aliphatic carboxylic acids is 1. The molecule has 1 saturated carbocycles. The molecule has 1 unspecified atom stereocenters. The Morgan fingerprint density at radius 3 is 2.35 bits per heavy atom. The Labute approximate surface area is 258 Å². The van der Waals surface area contributed by atoms with E-state index >= 15 is 0 Å². The summed E-state index contributed by atoms with van der Waals surface area (Å²) in [6.07, 6.45) is 3.31. The first-order chi connectivity index (χ1) is 20.8. The highest BCUT2D eigenvalue weighted by Gasteiger charge is 2.54. The van der Waals surface area contributed by atoms with E-state index in [0.29, 0.717) is 30.4 Å².